The summed E-state index contributed by atoms with van der Waals surface area (Å²) < 4.78 is 52.6. The van der Waals surface area contributed by atoms with Gasteiger partial charge in [0, 0.05) is 0 Å². The minimum Gasteiger partial charge on any atom is -0.385 e. The van der Waals surface area contributed by atoms with Crippen molar-refractivity contribution < 1.29 is 48.1 Å². The molecule has 5 aromatic rings. The summed E-state index contributed by atoms with van der Waals surface area (Å²) in [6, 6.07) is 49.3. The molecule has 2 fully saturated rings. The van der Waals surface area contributed by atoms with Crippen molar-refractivity contribution in [3.05, 3.63) is 179 Å². The molecular weight excluding hydrogens is 725 g/mol. The first-order valence-corrected chi connectivity index (χ1v) is 19.6. The summed E-state index contributed by atoms with van der Waals surface area (Å²) >= 11 is 0. The molecule has 300 valence electrons. The van der Waals surface area contributed by atoms with Gasteiger partial charge in [-0.05, 0) is 34.7 Å². The second-order valence-electron chi connectivity index (χ2n) is 14.4. The minimum atomic E-state index is -1.52. The average Bonchev–Trinajstić information content (AvgIpc) is 3.25. The maximum Gasteiger partial charge on any atom is 0.187 e. The van der Waals surface area contributed by atoms with Crippen LogP contribution in [-0.2, 0) is 70.9 Å². The Labute approximate surface area is 334 Å². The molecule has 0 saturated carbocycles. The molecule has 2 aliphatic rings. The van der Waals surface area contributed by atoms with E-state index in [0.717, 1.165) is 27.8 Å². The van der Waals surface area contributed by atoms with Crippen LogP contribution in [-0.4, -0.2) is 78.2 Å². The molecule has 2 aliphatic heterocycles. The molecule has 10 atom stereocenters. The number of hydrogen-bond acceptors (Lipinski definition) is 10. The van der Waals surface area contributed by atoms with Gasteiger partial charge in [0.1, 0.15) is 42.7 Å². The van der Waals surface area contributed by atoms with E-state index in [2.05, 4.69) is 0 Å². The van der Waals surface area contributed by atoms with Crippen LogP contribution < -0.4 is 0 Å². The highest BCUT2D eigenvalue weighted by Crippen LogP contribution is 2.35. The third kappa shape index (κ3) is 11.4. The minimum absolute atomic E-state index is 0.133. The lowest BCUT2D eigenvalue weighted by atomic mass is 9.96. The lowest BCUT2D eigenvalue weighted by Crippen LogP contribution is -2.65. The Balaban J connectivity index is 1.23. The van der Waals surface area contributed by atoms with Crippen LogP contribution in [0.2, 0.25) is 0 Å². The van der Waals surface area contributed by atoms with Crippen molar-refractivity contribution in [1.29, 1.82) is 0 Å². The van der Waals surface area contributed by atoms with Crippen molar-refractivity contribution in [2.24, 2.45) is 0 Å². The zero-order valence-electron chi connectivity index (χ0n) is 32.1. The highest BCUT2D eigenvalue weighted by atomic mass is 16.7. The van der Waals surface area contributed by atoms with Gasteiger partial charge in [-0.1, -0.05) is 152 Å². The molecule has 4 unspecified atom stereocenters. The van der Waals surface area contributed by atoms with E-state index in [0.29, 0.717) is 6.61 Å². The fourth-order valence-corrected chi connectivity index (χ4v) is 7.17. The van der Waals surface area contributed by atoms with Crippen molar-refractivity contribution in [2.75, 3.05) is 6.61 Å². The fourth-order valence-electron chi connectivity index (χ4n) is 7.17. The van der Waals surface area contributed by atoms with Crippen LogP contribution >= 0.6 is 0 Å². The van der Waals surface area contributed by atoms with E-state index in [9.17, 15) is 10.2 Å². The van der Waals surface area contributed by atoms with Gasteiger partial charge in [0.15, 0.2) is 12.6 Å². The first kappa shape index (κ1) is 40.9. The normalized spacial score (nSPS) is 27.6. The molecule has 10 heteroatoms. The van der Waals surface area contributed by atoms with E-state index in [-0.39, 0.29) is 33.0 Å². The molecule has 0 aromatic heterocycles. The van der Waals surface area contributed by atoms with Crippen LogP contribution in [0.25, 0.3) is 0 Å². The average molecular weight is 777 g/mol. The number of hydrogen-bond donors (Lipinski definition) is 2. The molecule has 2 N–H and O–H groups in total. The Hall–Kier alpha value is -4.30. The van der Waals surface area contributed by atoms with Gasteiger partial charge in [-0.2, -0.15) is 0 Å². The Morgan fingerprint density at radius 2 is 0.825 bits per heavy atom. The van der Waals surface area contributed by atoms with Crippen molar-refractivity contribution in [2.45, 2.75) is 101 Å². The van der Waals surface area contributed by atoms with Crippen molar-refractivity contribution in [3.8, 4) is 0 Å². The molecule has 7 rings (SSSR count). The lowest BCUT2D eigenvalue weighted by molar-refractivity contribution is -0.369. The van der Waals surface area contributed by atoms with Crippen LogP contribution in [0.3, 0.4) is 0 Å². The van der Waals surface area contributed by atoms with Gasteiger partial charge in [0.05, 0.1) is 45.7 Å². The summed E-state index contributed by atoms with van der Waals surface area (Å²) in [5, 5.41) is 22.4. The molecule has 2 saturated heterocycles. The zero-order valence-corrected chi connectivity index (χ0v) is 32.1. The fraction of sp³-hybridized carbons (Fsp3) is 0.362. The maximum atomic E-state index is 11.5. The van der Waals surface area contributed by atoms with Crippen molar-refractivity contribution >= 4 is 0 Å². The molecule has 0 aliphatic carbocycles. The molecule has 2 heterocycles. The smallest absolute Gasteiger partial charge is 0.187 e. The van der Waals surface area contributed by atoms with Gasteiger partial charge in [-0.25, -0.2) is 0 Å². The molecule has 0 bridgehead atoms. The van der Waals surface area contributed by atoms with Crippen LogP contribution in [0.4, 0.5) is 0 Å². The molecule has 57 heavy (non-hydrogen) atoms. The number of rotatable bonds is 18. The van der Waals surface area contributed by atoms with Gasteiger partial charge >= 0.3 is 0 Å². The van der Waals surface area contributed by atoms with Crippen LogP contribution in [0, 0.1) is 0 Å². The van der Waals surface area contributed by atoms with Crippen molar-refractivity contribution in [3.63, 3.8) is 0 Å². The van der Waals surface area contributed by atoms with Crippen LogP contribution in [0.15, 0.2) is 152 Å². The third-order valence-corrected chi connectivity index (χ3v) is 10.2. The Morgan fingerprint density at radius 1 is 0.439 bits per heavy atom. The summed E-state index contributed by atoms with van der Waals surface area (Å²) in [5.74, 6) is 0. The molecule has 0 amide bonds. The van der Waals surface area contributed by atoms with E-state index in [1.165, 1.54) is 0 Å². The lowest BCUT2D eigenvalue weighted by Gasteiger charge is -2.49. The van der Waals surface area contributed by atoms with Crippen LogP contribution in [0.5, 0.6) is 0 Å². The summed E-state index contributed by atoms with van der Waals surface area (Å²) in [7, 11) is 0. The first-order chi connectivity index (χ1) is 28.0. The molecule has 5 aromatic carbocycles. The van der Waals surface area contributed by atoms with E-state index >= 15 is 0 Å². The zero-order chi connectivity index (χ0) is 39.2. The number of benzene rings is 5. The maximum absolute atomic E-state index is 11.5. The second-order valence-corrected chi connectivity index (χ2v) is 14.4. The highest BCUT2D eigenvalue weighted by molar-refractivity contribution is 5.17. The van der Waals surface area contributed by atoms with E-state index in [1.54, 1.807) is 6.92 Å². The summed E-state index contributed by atoms with van der Waals surface area (Å²) in [5.41, 5.74) is 4.83. The van der Waals surface area contributed by atoms with Gasteiger partial charge in [-0.3, -0.25) is 0 Å². The SMILES string of the molecule is CC1O[C@@H](O)C(O)[C@@H](O[C@H]2O[C@@H](COCc3ccccc3)[C@@H](OCc3ccccc3)C(OCc3ccccc3)C2OCc2ccccc2)[C@H]1OCc1ccccc1. The third-order valence-electron chi connectivity index (χ3n) is 10.2. The van der Waals surface area contributed by atoms with Crippen molar-refractivity contribution in [1.82, 2.24) is 0 Å². The van der Waals surface area contributed by atoms with Gasteiger partial charge < -0.3 is 48.1 Å². The monoisotopic (exact) mass is 776 g/mol. The highest BCUT2D eigenvalue weighted by Gasteiger charge is 2.53. The standard InChI is InChI=1S/C47H52O10/c1-33-41(51-28-35-19-9-3-10-20-35)43(40(48)46(49)55-33)57-47-45(54-31-38-25-15-6-16-26-38)44(53-30-37-23-13-5-14-24-37)42(52-29-36-21-11-4-12-22-36)39(56-47)32-50-27-34-17-7-2-8-18-34/h2-26,33,39-49H,27-32H2,1H3/t33?,39-,40?,41-,42+,43+,44?,45?,46+,47+/m0/s1. The summed E-state index contributed by atoms with van der Waals surface area (Å²) in [6.07, 6.45) is -9.63. The number of aliphatic hydroxyl groups is 2. The Morgan fingerprint density at radius 3 is 1.28 bits per heavy atom. The molecule has 0 radical (unpaired) electrons. The van der Waals surface area contributed by atoms with Gasteiger partial charge in [-0.15, -0.1) is 0 Å². The van der Waals surface area contributed by atoms with Gasteiger partial charge in [0.2, 0.25) is 0 Å². The van der Waals surface area contributed by atoms with E-state index in [4.69, 9.17) is 37.9 Å². The second kappa shape index (κ2) is 20.9. The number of aliphatic hydroxyl groups excluding tert-OH is 2. The molecule has 0 spiro atoms. The van der Waals surface area contributed by atoms with E-state index < -0.39 is 61.4 Å². The predicted molar refractivity (Wildman–Crippen MR) is 212 cm³/mol. The summed E-state index contributed by atoms with van der Waals surface area (Å²) in [6.45, 7) is 3.24. The van der Waals surface area contributed by atoms with Crippen LogP contribution in [0.1, 0.15) is 34.7 Å². The van der Waals surface area contributed by atoms with Gasteiger partial charge in [0.25, 0.3) is 0 Å². The van der Waals surface area contributed by atoms with E-state index in [1.807, 2.05) is 152 Å². The largest absolute Gasteiger partial charge is 0.385 e. The first-order valence-electron chi connectivity index (χ1n) is 19.6. The predicted octanol–water partition coefficient (Wildman–Crippen LogP) is 6.75. The Kier molecular flexibility index (Phi) is 15.0. The topological polar surface area (TPSA) is 114 Å². The number of ether oxygens (including phenoxy) is 8. The quantitative estimate of drug-likeness (QED) is 0.0991. The Bertz CT molecular complexity index is 1850. The molecule has 10 nitrogen and oxygen atoms in total. The summed E-state index contributed by atoms with van der Waals surface area (Å²) in [4.78, 5) is 0. The molecular formula is C47H52O10.